The molecular formula is C15H23N3O5. The maximum atomic E-state index is 11.7. The molecule has 2 rings (SSSR count). The number of ether oxygens (including phenoxy) is 1. The zero-order valence-electron chi connectivity index (χ0n) is 12.9. The highest BCUT2D eigenvalue weighted by Gasteiger charge is 2.32. The Morgan fingerprint density at radius 3 is 2.65 bits per heavy atom. The van der Waals surface area contributed by atoms with E-state index in [1.54, 1.807) is 12.1 Å². The Balaban J connectivity index is 1.63. The van der Waals surface area contributed by atoms with Crippen molar-refractivity contribution < 1.29 is 24.0 Å². The number of ketones is 1. The van der Waals surface area contributed by atoms with E-state index < -0.39 is 5.97 Å². The summed E-state index contributed by atoms with van der Waals surface area (Å²) in [6.07, 6.45) is 2.38. The van der Waals surface area contributed by atoms with Gasteiger partial charge < -0.3 is 25.8 Å². The van der Waals surface area contributed by atoms with Crippen LogP contribution in [0.3, 0.4) is 0 Å². The van der Waals surface area contributed by atoms with Gasteiger partial charge >= 0.3 is 5.97 Å². The second-order valence-electron chi connectivity index (χ2n) is 5.78. The van der Waals surface area contributed by atoms with Gasteiger partial charge in [-0.2, -0.15) is 5.06 Å². The summed E-state index contributed by atoms with van der Waals surface area (Å²) >= 11 is 0. The van der Waals surface area contributed by atoms with Gasteiger partial charge in [0.15, 0.2) is 11.5 Å². The van der Waals surface area contributed by atoms with E-state index in [1.807, 2.05) is 0 Å². The van der Waals surface area contributed by atoms with Crippen molar-refractivity contribution in [2.75, 3.05) is 13.1 Å². The van der Waals surface area contributed by atoms with Crippen LogP contribution in [0.5, 0.6) is 0 Å². The van der Waals surface area contributed by atoms with Crippen molar-refractivity contribution in [1.82, 2.24) is 5.06 Å². The molecule has 128 valence electrons. The minimum atomic E-state index is -0.434. The number of nitrogens with zero attached hydrogens (tertiary/aromatic N) is 1. The van der Waals surface area contributed by atoms with Gasteiger partial charge in [-0.05, 0) is 18.6 Å². The van der Waals surface area contributed by atoms with Gasteiger partial charge in [0.05, 0.1) is 12.7 Å². The van der Waals surface area contributed by atoms with E-state index in [9.17, 15) is 14.8 Å². The summed E-state index contributed by atoms with van der Waals surface area (Å²) < 4.78 is 10.2. The third-order valence-corrected chi connectivity index (χ3v) is 3.84. The smallest absolute Gasteiger partial charge is 0.307 e. The fourth-order valence-electron chi connectivity index (χ4n) is 2.56. The molecule has 23 heavy (non-hydrogen) atoms. The van der Waals surface area contributed by atoms with Crippen LogP contribution < -0.4 is 11.5 Å². The van der Waals surface area contributed by atoms with Crippen LogP contribution >= 0.6 is 0 Å². The van der Waals surface area contributed by atoms with E-state index in [2.05, 4.69) is 0 Å². The Labute approximate surface area is 134 Å². The van der Waals surface area contributed by atoms with Crippen LogP contribution in [-0.4, -0.2) is 53.3 Å². The number of nitrogens with two attached hydrogens (primary N) is 2. The normalized spacial score (nSPS) is 24.1. The van der Waals surface area contributed by atoms with Crippen LogP contribution in [-0.2, 0) is 9.53 Å². The van der Waals surface area contributed by atoms with E-state index in [0.29, 0.717) is 12.8 Å². The van der Waals surface area contributed by atoms with Gasteiger partial charge in [0.2, 0.25) is 0 Å². The molecule has 0 bridgehead atoms. The summed E-state index contributed by atoms with van der Waals surface area (Å²) in [5, 5.41) is 10.6. The lowest BCUT2D eigenvalue weighted by Gasteiger charge is -2.18. The second-order valence-corrected chi connectivity index (χ2v) is 5.78. The molecule has 0 saturated heterocycles. The number of carbonyl (C=O) groups excluding carboxylic acids is 2. The maximum Gasteiger partial charge on any atom is 0.307 e. The standard InChI is InChI=1S/C15H23N3O5/c16-10-8-11(17)14(9-10)23-15(20)4-6-18(21)5-3-12(19)13-2-1-7-22-13/h1-2,7,10-11,14,21H,3-6,8-9,16-17H2. The molecule has 3 unspecified atom stereocenters. The average Bonchev–Trinajstić information content (AvgIpc) is 3.13. The predicted molar refractivity (Wildman–Crippen MR) is 80.7 cm³/mol. The molecule has 8 nitrogen and oxygen atoms in total. The molecule has 1 aromatic rings. The molecule has 5 N–H and O–H groups in total. The van der Waals surface area contributed by atoms with E-state index in [4.69, 9.17) is 20.6 Å². The fraction of sp³-hybridized carbons (Fsp3) is 0.600. The minimum absolute atomic E-state index is 0.0178. The van der Waals surface area contributed by atoms with Gasteiger partial charge in [-0.25, -0.2) is 0 Å². The topological polar surface area (TPSA) is 132 Å². The van der Waals surface area contributed by atoms with Crippen LogP contribution in [0.2, 0.25) is 0 Å². The number of hydrogen-bond acceptors (Lipinski definition) is 8. The molecule has 0 spiro atoms. The van der Waals surface area contributed by atoms with Gasteiger partial charge in [0, 0.05) is 38.0 Å². The Morgan fingerprint density at radius 2 is 2.04 bits per heavy atom. The van der Waals surface area contributed by atoms with E-state index in [-0.39, 0.29) is 55.7 Å². The third-order valence-electron chi connectivity index (χ3n) is 3.84. The van der Waals surface area contributed by atoms with Crippen molar-refractivity contribution in [1.29, 1.82) is 0 Å². The molecule has 0 aliphatic heterocycles. The Bertz CT molecular complexity index is 519. The SMILES string of the molecule is NC1CC(N)C(OC(=O)CCN(O)CCC(=O)c2ccco2)C1. The van der Waals surface area contributed by atoms with Crippen molar-refractivity contribution in [2.45, 2.75) is 43.9 Å². The van der Waals surface area contributed by atoms with Gasteiger partial charge in [0.25, 0.3) is 0 Å². The molecule has 1 fully saturated rings. The summed E-state index contributed by atoms with van der Waals surface area (Å²) in [5.74, 6) is -0.386. The van der Waals surface area contributed by atoms with Crippen molar-refractivity contribution in [2.24, 2.45) is 11.5 Å². The maximum absolute atomic E-state index is 11.7. The van der Waals surface area contributed by atoms with Gasteiger partial charge in [-0.3, -0.25) is 9.59 Å². The molecule has 8 heteroatoms. The third kappa shape index (κ3) is 5.43. The molecule has 0 aromatic carbocycles. The monoisotopic (exact) mass is 325 g/mol. The first-order valence-corrected chi connectivity index (χ1v) is 7.67. The largest absolute Gasteiger partial charge is 0.461 e. The van der Waals surface area contributed by atoms with Gasteiger partial charge in [0.1, 0.15) is 6.10 Å². The Kier molecular flexibility index (Phi) is 6.28. The first kappa shape index (κ1) is 17.6. The number of carbonyl (C=O) groups is 2. The highest BCUT2D eigenvalue weighted by Crippen LogP contribution is 2.20. The van der Waals surface area contributed by atoms with Gasteiger partial charge in [-0.1, -0.05) is 0 Å². The zero-order valence-corrected chi connectivity index (χ0v) is 12.9. The molecule has 3 atom stereocenters. The molecule has 1 aliphatic carbocycles. The molecule has 1 heterocycles. The predicted octanol–water partition coefficient (Wildman–Crippen LogP) is 0.294. The lowest BCUT2D eigenvalue weighted by molar-refractivity contribution is -0.153. The molecule has 1 aliphatic rings. The Hall–Kier alpha value is -1.74. The van der Waals surface area contributed by atoms with Crippen molar-refractivity contribution >= 4 is 11.8 Å². The quantitative estimate of drug-likeness (QED) is 0.353. The molecule has 1 saturated carbocycles. The van der Waals surface area contributed by atoms with E-state index in [0.717, 1.165) is 5.06 Å². The fourth-order valence-corrected chi connectivity index (χ4v) is 2.56. The highest BCUT2D eigenvalue weighted by atomic mass is 16.5. The summed E-state index contributed by atoms with van der Waals surface area (Å²) in [5.41, 5.74) is 11.6. The lowest BCUT2D eigenvalue weighted by atomic mass is 10.2. The summed E-state index contributed by atoms with van der Waals surface area (Å²) in [6, 6.07) is 2.92. The van der Waals surface area contributed by atoms with Crippen LogP contribution in [0.4, 0.5) is 0 Å². The van der Waals surface area contributed by atoms with Crippen molar-refractivity contribution in [3.05, 3.63) is 24.2 Å². The van der Waals surface area contributed by atoms with Crippen molar-refractivity contribution in [3.63, 3.8) is 0 Å². The zero-order chi connectivity index (χ0) is 16.8. The van der Waals surface area contributed by atoms with Crippen LogP contribution in [0.25, 0.3) is 0 Å². The lowest BCUT2D eigenvalue weighted by Crippen LogP contribution is -2.34. The number of Topliss-reactive ketones (excluding diaryl/α,β-unsaturated/α-hetero) is 1. The number of esters is 1. The highest BCUT2D eigenvalue weighted by molar-refractivity contribution is 5.93. The summed E-state index contributed by atoms with van der Waals surface area (Å²) in [4.78, 5) is 23.4. The summed E-state index contributed by atoms with van der Waals surface area (Å²) in [7, 11) is 0. The van der Waals surface area contributed by atoms with Crippen LogP contribution in [0, 0.1) is 0 Å². The number of rotatable bonds is 8. The van der Waals surface area contributed by atoms with Crippen LogP contribution in [0.1, 0.15) is 36.2 Å². The van der Waals surface area contributed by atoms with E-state index in [1.165, 1.54) is 6.26 Å². The minimum Gasteiger partial charge on any atom is -0.461 e. The number of furan rings is 1. The van der Waals surface area contributed by atoms with Gasteiger partial charge in [-0.15, -0.1) is 0 Å². The number of hydroxylamine groups is 2. The van der Waals surface area contributed by atoms with Crippen LogP contribution in [0.15, 0.2) is 22.8 Å². The molecular weight excluding hydrogens is 302 g/mol. The molecule has 0 amide bonds. The number of hydrogen-bond donors (Lipinski definition) is 3. The average molecular weight is 325 g/mol. The Morgan fingerprint density at radius 1 is 1.30 bits per heavy atom. The first-order valence-electron chi connectivity index (χ1n) is 7.67. The second kappa shape index (κ2) is 8.21. The van der Waals surface area contributed by atoms with E-state index >= 15 is 0 Å². The van der Waals surface area contributed by atoms with Crippen molar-refractivity contribution in [3.8, 4) is 0 Å². The first-order chi connectivity index (χ1) is 11.0. The summed E-state index contributed by atoms with van der Waals surface area (Å²) in [6.45, 7) is 0.193. The molecule has 0 radical (unpaired) electrons. The molecule has 1 aromatic heterocycles.